The maximum Gasteiger partial charge on any atom is 0.224 e. The first kappa shape index (κ1) is 14.3. The highest BCUT2D eigenvalue weighted by atomic mass is 16.2. The van der Waals surface area contributed by atoms with E-state index >= 15 is 0 Å². The summed E-state index contributed by atoms with van der Waals surface area (Å²) in [6.07, 6.45) is 8.74. The fourth-order valence-electron chi connectivity index (χ4n) is 4.40. The molecule has 0 bridgehead atoms. The third-order valence-electron chi connectivity index (χ3n) is 5.49. The van der Waals surface area contributed by atoms with Crippen molar-refractivity contribution in [2.75, 3.05) is 19.6 Å². The molecule has 0 aromatic carbocycles. The smallest absolute Gasteiger partial charge is 0.224 e. The first-order valence-corrected chi connectivity index (χ1v) is 8.56. The average Bonchev–Trinajstić information content (AvgIpc) is 2.87. The van der Waals surface area contributed by atoms with Crippen LogP contribution >= 0.6 is 0 Å². The van der Waals surface area contributed by atoms with Crippen molar-refractivity contribution in [2.24, 2.45) is 5.92 Å². The summed E-state index contributed by atoms with van der Waals surface area (Å²) in [6, 6.07) is 1.94. The van der Waals surface area contributed by atoms with Gasteiger partial charge in [-0.3, -0.25) is 9.69 Å². The van der Waals surface area contributed by atoms with Gasteiger partial charge in [0.15, 0.2) is 0 Å². The van der Waals surface area contributed by atoms with Crippen molar-refractivity contribution in [2.45, 2.75) is 70.0 Å². The molecule has 3 rings (SSSR count). The van der Waals surface area contributed by atoms with Crippen LogP contribution < -0.4 is 10.6 Å². The summed E-state index contributed by atoms with van der Waals surface area (Å²) in [4.78, 5) is 14.5. The minimum atomic E-state index is 0.277. The number of piperidine rings is 1. The third-order valence-corrected chi connectivity index (χ3v) is 5.49. The molecule has 2 unspecified atom stereocenters. The minimum Gasteiger partial charge on any atom is -0.354 e. The number of carbonyl (C=O) groups excluding carboxylic acids is 1. The molecule has 0 aromatic heterocycles. The number of hydrogen-bond donors (Lipinski definition) is 2. The van der Waals surface area contributed by atoms with E-state index in [0.29, 0.717) is 11.9 Å². The highest BCUT2D eigenvalue weighted by Crippen LogP contribution is 2.33. The summed E-state index contributed by atoms with van der Waals surface area (Å²) < 4.78 is 0. The van der Waals surface area contributed by atoms with Gasteiger partial charge in [0.05, 0.1) is 5.92 Å². The molecule has 1 saturated carbocycles. The van der Waals surface area contributed by atoms with Gasteiger partial charge in [-0.05, 0) is 58.0 Å². The van der Waals surface area contributed by atoms with Gasteiger partial charge >= 0.3 is 0 Å². The normalized spacial score (nSPS) is 38.5. The van der Waals surface area contributed by atoms with Crippen molar-refractivity contribution in [1.82, 2.24) is 15.5 Å². The van der Waals surface area contributed by atoms with Crippen molar-refractivity contribution in [1.29, 1.82) is 0 Å². The zero-order valence-corrected chi connectivity index (χ0v) is 12.7. The summed E-state index contributed by atoms with van der Waals surface area (Å²) in [5.41, 5.74) is 0. The molecule has 4 heteroatoms. The third kappa shape index (κ3) is 2.86. The SMILES string of the molecule is CCCNC1CCC(N2CCCC3C(=O)NCC32)CC1. The highest BCUT2D eigenvalue weighted by molar-refractivity contribution is 5.82. The molecule has 0 radical (unpaired) electrons. The lowest BCUT2D eigenvalue weighted by atomic mass is 9.85. The summed E-state index contributed by atoms with van der Waals surface area (Å²) in [7, 11) is 0. The van der Waals surface area contributed by atoms with Crippen LogP contribution in [0.4, 0.5) is 0 Å². The Balaban J connectivity index is 1.53. The van der Waals surface area contributed by atoms with Gasteiger partial charge in [-0.25, -0.2) is 0 Å². The molecule has 2 aliphatic heterocycles. The summed E-state index contributed by atoms with van der Waals surface area (Å²) in [5, 5.41) is 6.74. The Morgan fingerprint density at radius 1 is 1.25 bits per heavy atom. The fourth-order valence-corrected chi connectivity index (χ4v) is 4.40. The molecule has 20 heavy (non-hydrogen) atoms. The highest BCUT2D eigenvalue weighted by Gasteiger charge is 2.43. The van der Waals surface area contributed by atoms with Gasteiger partial charge in [-0.2, -0.15) is 0 Å². The zero-order valence-electron chi connectivity index (χ0n) is 12.7. The van der Waals surface area contributed by atoms with Gasteiger partial charge in [-0.15, -0.1) is 0 Å². The Morgan fingerprint density at radius 2 is 2.05 bits per heavy atom. The van der Waals surface area contributed by atoms with Crippen LogP contribution in [0.15, 0.2) is 0 Å². The quantitative estimate of drug-likeness (QED) is 0.820. The number of amides is 1. The van der Waals surface area contributed by atoms with E-state index in [2.05, 4.69) is 22.5 Å². The Labute approximate surface area is 122 Å². The number of fused-ring (bicyclic) bond motifs is 1. The zero-order chi connectivity index (χ0) is 13.9. The lowest BCUT2D eigenvalue weighted by molar-refractivity contribution is -0.124. The van der Waals surface area contributed by atoms with Gasteiger partial charge in [-0.1, -0.05) is 6.92 Å². The lowest BCUT2D eigenvalue weighted by Crippen LogP contribution is -2.52. The molecule has 2 atom stereocenters. The molecule has 3 fully saturated rings. The van der Waals surface area contributed by atoms with Crippen molar-refractivity contribution >= 4 is 5.91 Å². The van der Waals surface area contributed by atoms with Crippen LogP contribution in [0.3, 0.4) is 0 Å². The van der Waals surface area contributed by atoms with Gasteiger partial charge in [0, 0.05) is 24.7 Å². The minimum absolute atomic E-state index is 0.277. The summed E-state index contributed by atoms with van der Waals surface area (Å²) in [5.74, 6) is 0.581. The van der Waals surface area contributed by atoms with Crippen molar-refractivity contribution in [3.63, 3.8) is 0 Å². The van der Waals surface area contributed by atoms with E-state index in [0.717, 1.165) is 31.6 Å². The monoisotopic (exact) mass is 279 g/mol. The topological polar surface area (TPSA) is 44.4 Å². The average molecular weight is 279 g/mol. The van der Waals surface area contributed by atoms with Crippen LogP contribution in [0.1, 0.15) is 51.9 Å². The number of carbonyl (C=O) groups is 1. The Morgan fingerprint density at radius 3 is 2.80 bits per heavy atom. The van der Waals surface area contributed by atoms with Crippen LogP contribution in [0.5, 0.6) is 0 Å². The maximum absolute atomic E-state index is 11.9. The van der Waals surface area contributed by atoms with Gasteiger partial charge in [0.1, 0.15) is 0 Å². The second-order valence-corrected chi connectivity index (χ2v) is 6.76. The van der Waals surface area contributed by atoms with Crippen LogP contribution in [-0.2, 0) is 4.79 Å². The molecule has 0 spiro atoms. The van der Waals surface area contributed by atoms with Gasteiger partial charge in [0.2, 0.25) is 5.91 Å². The lowest BCUT2D eigenvalue weighted by Gasteiger charge is -2.44. The van der Waals surface area contributed by atoms with E-state index < -0.39 is 0 Å². The van der Waals surface area contributed by atoms with Crippen molar-refractivity contribution in [3.8, 4) is 0 Å². The molecule has 2 N–H and O–H groups in total. The van der Waals surface area contributed by atoms with Crippen LogP contribution in [0, 0.1) is 5.92 Å². The number of nitrogens with zero attached hydrogens (tertiary/aromatic N) is 1. The summed E-state index contributed by atoms with van der Waals surface area (Å²) in [6.45, 7) is 5.48. The number of nitrogens with one attached hydrogen (secondary N) is 2. The number of likely N-dealkylation sites (tertiary alicyclic amines) is 1. The predicted octanol–water partition coefficient (Wildman–Crippen LogP) is 1.51. The predicted molar refractivity (Wildman–Crippen MR) is 80.6 cm³/mol. The van der Waals surface area contributed by atoms with E-state index in [4.69, 9.17) is 0 Å². The van der Waals surface area contributed by atoms with Crippen LogP contribution in [0.25, 0.3) is 0 Å². The van der Waals surface area contributed by atoms with E-state index in [-0.39, 0.29) is 5.92 Å². The number of rotatable bonds is 4. The molecule has 1 amide bonds. The van der Waals surface area contributed by atoms with Gasteiger partial charge < -0.3 is 10.6 Å². The van der Waals surface area contributed by atoms with E-state index in [1.165, 1.54) is 45.1 Å². The molecule has 4 nitrogen and oxygen atoms in total. The largest absolute Gasteiger partial charge is 0.354 e. The van der Waals surface area contributed by atoms with Crippen molar-refractivity contribution in [3.05, 3.63) is 0 Å². The molecule has 0 aromatic rings. The molecular weight excluding hydrogens is 250 g/mol. The van der Waals surface area contributed by atoms with Crippen molar-refractivity contribution < 1.29 is 4.79 Å². The van der Waals surface area contributed by atoms with Gasteiger partial charge in [0.25, 0.3) is 0 Å². The van der Waals surface area contributed by atoms with Crippen LogP contribution in [0.2, 0.25) is 0 Å². The van der Waals surface area contributed by atoms with Crippen LogP contribution in [-0.4, -0.2) is 48.6 Å². The molecular formula is C16H29N3O. The molecule has 2 saturated heterocycles. The maximum atomic E-state index is 11.9. The molecule has 2 heterocycles. The molecule has 114 valence electrons. The van der Waals surface area contributed by atoms with E-state index in [9.17, 15) is 4.79 Å². The summed E-state index contributed by atoms with van der Waals surface area (Å²) >= 11 is 0. The van der Waals surface area contributed by atoms with E-state index in [1.54, 1.807) is 0 Å². The Hall–Kier alpha value is -0.610. The Bertz CT molecular complexity index is 339. The molecule has 3 aliphatic rings. The Kier molecular flexibility index (Phi) is 4.61. The standard InChI is InChI=1S/C16H29N3O/c1-2-9-17-12-5-7-13(8-6-12)19-10-3-4-14-15(19)11-18-16(14)20/h12-15,17H,2-11H2,1H3,(H,18,20). The fraction of sp³-hybridized carbons (Fsp3) is 0.938. The second kappa shape index (κ2) is 6.44. The first-order chi connectivity index (χ1) is 9.79. The first-order valence-electron chi connectivity index (χ1n) is 8.56. The van der Waals surface area contributed by atoms with E-state index in [1.807, 2.05) is 0 Å². The second-order valence-electron chi connectivity index (χ2n) is 6.76. The molecule has 1 aliphatic carbocycles. The number of hydrogen-bond acceptors (Lipinski definition) is 3.